The number of nitrogens with one attached hydrogen (secondary N) is 2. The quantitative estimate of drug-likeness (QED) is 0.638. The first kappa shape index (κ1) is 18.5. The van der Waals surface area contributed by atoms with Crippen LogP contribution in [-0.4, -0.2) is 24.4 Å². The number of anilines is 3. The number of primary amides is 1. The molecule has 0 radical (unpaired) electrons. The van der Waals surface area contributed by atoms with Gasteiger partial charge in [-0.05, 0) is 29.7 Å². The molecule has 0 bridgehead atoms. The summed E-state index contributed by atoms with van der Waals surface area (Å²) in [7, 11) is 0. The zero-order valence-corrected chi connectivity index (χ0v) is 15.6. The predicted molar refractivity (Wildman–Crippen MR) is 113 cm³/mol. The van der Waals surface area contributed by atoms with Crippen LogP contribution in [0.1, 0.15) is 6.42 Å². The molecular formula is C22H20N4O3. The summed E-state index contributed by atoms with van der Waals surface area (Å²) in [5.74, 6) is -0.780. The molecule has 1 fully saturated rings. The number of urea groups is 1. The van der Waals surface area contributed by atoms with Gasteiger partial charge in [-0.3, -0.25) is 9.59 Å². The molecule has 7 nitrogen and oxygen atoms in total. The van der Waals surface area contributed by atoms with Crippen molar-refractivity contribution in [3.8, 4) is 0 Å². The average molecular weight is 388 g/mol. The van der Waals surface area contributed by atoms with E-state index in [0.717, 1.165) is 16.5 Å². The summed E-state index contributed by atoms with van der Waals surface area (Å²) < 4.78 is 0. The zero-order chi connectivity index (χ0) is 20.4. The fourth-order valence-corrected chi connectivity index (χ4v) is 3.62. The third kappa shape index (κ3) is 3.89. The lowest BCUT2D eigenvalue weighted by atomic mass is 10.1. The molecule has 0 saturated carbocycles. The molecule has 3 aromatic carbocycles. The van der Waals surface area contributed by atoms with Gasteiger partial charge in [-0.2, -0.15) is 0 Å². The highest BCUT2D eigenvalue weighted by Gasteiger charge is 2.35. The summed E-state index contributed by atoms with van der Waals surface area (Å²) in [5, 5.41) is 7.31. The number of amides is 4. The minimum absolute atomic E-state index is 0.0781. The second kappa shape index (κ2) is 7.63. The van der Waals surface area contributed by atoms with Crippen molar-refractivity contribution in [2.45, 2.75) is 6.42 Å². The number of hydrogen-bond donors (Lipinski definition) is 3. The molecule has 29 heavy (non-hydrogen) atoms. The maximum atomic E-state index is 12.7. The molecule has 0 spiro atoms. The summed E-state index contributed by atoms with van der Waals surface area (Å²) in [6.45, 7) is 0.317. The Labute approximate surface area is 167 Å². The number of hydrogen-bond acceptors (Lipinski definition) is 3. The van der Waals surface area contributed by atoms with Gasteiger partial charge in [0.05, 0.1) is 11.6 Å². The van der Waals surface area contributed by atoms with Crippen LogP contribution in [0.5, 0.6) is 0 Å². The number of rotatable bonds is 4. The van der Waals surface area contributed by atoms with Crippen molar-refractivity contribution in [3.63, 3.8) is 0 Å². The lowest BCUT2D eigenvalue weighted by Crippen LogP contribution is -2.28. The summed E-state index contributed by atoms with van der Waals surface area (Å²) in [4.78, 5) is 38.0. The molecule has 4 rings (SSSR count). The van der Waals surface area contributed by atoms with E-state index in [2.05, 4.69) is 10.6 Å². The van der Waals surface area contributed by atoms with Crippen molar-refractivity contribution in [1.29, 1.82) is 0 Å². The third-order valence-electron chi connectivity index (χ3n) is 4.95. The Balaban J connectivity index is 1.50. The Morgan fingerprint density at radius 2 is 1.62 bits per heavy atom. The van der Waals surface area contributed by atoms with E-state index >= 15 is 0 Å². The van der Waals surface area contributed by atoms with E-state index in [-0.39, 0.29) is 18.2 Å². The Kier molecular flexibility index (Phi) is 4.87. The van der Waals surface area contributed by atoms with Gasteiger partial charge < -0.3 is 21.3 Å². The Hall–Kier alpha value is -3.87. The number of benzene rings is 3. The zero-order valence-electron chi connectivity index (χ0n) is 15.6. The minimum Gasteiger partial charge on any atom is -0.351 e. The molecule has 4 amide bonds. The van der Waals surface area contributed by atoms with E-state index in [4.69, 9.17) is 5.73 Å². The largest absolute Gasteiger partial charge is 0.351 e. The molecule has 4 N–H and O–H groups in total. The normalized spacial score (nSPS) is 16.1. The van der Waals surface area contributed by atoms with Crippen LogP contribution in [0.4, 0.5) is 21.9 Å². The SMILES string of the molecule is NC(=O)Nc1cccc(NC(=O)C2CC(=O)N(c3cccc4ccccc34)C2)c1. The molecular weight excluding hydrogens is 368 g/mol. The number of carbonyl (C=O) groups is 3. The monoisotopic (exact) mass is 388 g/mol. The van der Waals surface area contributed by atoms with E-state index in [9.17, 15) is 14.4 Å². The van der Waals surface area contributed by atoms with E-state index in [1.54, 1.807) is 29.2 Å². The first-order valence-electron chi connectivity index (χ1n) is 9.27. The van der Waals surface area contributed by atoms with Crippen LogP contribution in [-0.2, 0) is 9.59 Å². The molecule has 3 aromatic rings. The fourth-order valence-electron chi connectivity index (χ4n) is 3.62. The van der Waals surface area contributed by atoms with Gasteiger partial charge in [-0.15, -0.1) is 0 Å². The van der Waals surface area contributed by atoms with E-state index in [1.807, 2.05) is 42.5 Å². The van der Waals surface area contributed by atoms with Gasteiger partial charge in [0, 0.05) is 29.7 Å². The average Bonchev–Trinajstić information content (AvgIpc) is 3.09. The Morgan fingerprint density at radius 1 is 0.931 bits per heavy atom. The highest BCUT2D eigenvalue weighted by molar-refractivity contribution is 6.08. The first-order chi connectivity index (χ1) is 14.0. The Morgan fingerprint density at radius 3 is 2.41 bits per heavy atom. The van der Waals surface area contributed by atoms with Gasteiger partial charge in [0.1, 0.15) is 0 Å². The van der Waals surface area contributed by atoms with Gasteiger partial charge in [-0.25, -0.2) is 4.79 Å². The summed E-state index contributed by atoms with van der Waals surface area (Å²) in [6.07, 6.45) is 0.147. The van der Waals surface area contributed by atoms with Gasteiger partial charge in [-0.1, -0.05) is 42.5 Å². The number of nitrogens with zero attached hydrogens (tertiary/aromatic N) is 1. The molecule has 0 aliphatic carbocycles. The maximum absolute atomic E-state index is 12.7. The number of carbonyl (C=O) groups excluding carboxylic acids is 3. The van der Waals surface area contributed by atoms with Gasteiger partial charge in [0.25, 0.3) is 0 Å². The topological polar surface area (TPSA) is 105 Å². The molecule has 1 unspecified atom stereocenters. The molecule has 1 heterocycles. The molecule has 1 atom stereocenters. The van der Waals surface area contributed by atoms with E-state index in [0.29, 0.717) is 17.9 Å². The molecule has 146 valence electrons. The van der Waals surface area contributed by atoms with Crippen LogP contribution in [0, 0.1) is 5.92 Å². The van der Waals surface area contributed by atoms with Crippen LogP contribution in [0.3, 0.4) is 0 Å². The van der Waals surface area contributed by atoms with Crippen LogP contribution in [0.25, 0.3) is 10.8 Å². The smallest absolute Gasteiger partial charge is 0.316 e. The molecule has 1 aliphatic rings. The van der Waals surface area contributed by atoms with Crippen molar-refractivity contribution < 1.29 is 14.4 Å². The van der Waals surface area contributed by atoms with Gasteiger partial charge in [0.15, 0.2) is 0 Å². The number of nitrogens with two attached hydrogens (primary N) is 1. The second-order valence-electron chi connectivity index (χ2n) is 6.96. The number of fused-ring (bicyclic) bond motifs is 1. The Bertz CT molecular complexity index is 1110. The second-order valence-corrected chi connectivity index (χ2v) is 6.96. The molecule has 1 saturated heterocycles. The maximum Gasteiger partial charge on any atom is 0.316 e. The fraction of sp³-hybridized carbons (Fsp3) is 0.136. The predicted octanol–water partition coefficient (Wildman–Crippen LogP) is 3.32. The van der Waals surface area contributed by atoms with Crippen LogP contribution in [0.15, 0.2) is 66.7 Å². The molecule has 7 heteroatoms. The highest BCUT2D eigenvalue weighted by Crippen LogP contribution is 2.32. The van der Waals surface area contributed by atoms with Crippen LogP contribution in [0.2, 0.25) is 0 Å². The first-order valence-corrected chi connectivity index (χ1v) is 9.27. The molecule has 1 aliphatic heterocycles. The van der Waals surface area contributed by atoms with E-state index < -0.39 is 11.9 Å². The highest BCUT2D eigenvalue weighted by atomic mass is 16.2. The summed E-state index contributed by atoms with van der Waals surface area (Å²) >= 11 is 0. The van der Waals surface area contributed by atoms with Crippen LogP contribution >= 0.6 is 0 Å². The molecule has 0 aromatic heterocycles. The van der Waals surface area contributed by atoms with E-state index in [1.165, 1.54) is 0 Å². The standard InChI is InChI=1S/C22H20N4O3/c23-22(29)25-17-8-4-7-16(12-17)24-21(28)15-11-20(27)26(13-15)19-10-3-6-14-5-1-2-9-18(14)19/h1-10,12,15H,11,13H2,(H,24,28)(H3,23,25,29). The minimum atomic E-state index is -0.680. The summed E-state index contributed by atoms with van der Waals surface area (Å²) in [5.41, 5.74) is 6.94. The van der Waals surface area contributed by atoms with Gasteiger partial charge in [0.2, 0.25) is 11.8 Å². The van der Waals surface area contributed by atoms with Crippen molar-refractivity contribution in [3.05, 3.63) is 66.7 Å². The van der Waals surface area contributed by atoms with Crippen LogP contribution < -0.4 is 21.3 Å². The lowest BCUT2D eigenvalue weighted by molar-refractivity contribution is -0.122. The van der Waals surface area contributed by atoms with Crippen molar-refractivity contribution >= 4 is 45.7 Å². The van der Waals surface area contributed by atoms with Crippen molar-refractivity contribution in [2.24, 2.45) is 11.7 Å². The van der Waals surface area contributed by atoms with Crippen molar-refractivity contribution in [1.82, 2.24) is 0 Å². The summed E-state index contributed by atoms with van der Waals surface area (Å²) in [6, 6.07) is 19.7. The third-order valence-corrected chi connectivity index (χ3v) is 4.95. The van der Waals surface area contributed by atoms with Gasteiger partial charge >= 0.3 is 6.03 Å². The van der Waals surface area contributed by atoms with Crippen molar-refractivity contribution in [2.75, 3.05) is 22.1 Å². The lowest BCUT2D eigenvalue weighted by Gasteiger charge is -2.19.